The molecule has 1 saturated heterocycles. The molecule has 1 aliphatic rings. The molecule has 0 unspecified atom stereocenters. The topological polar surface area (TPSA) is 54.0 Å². The largest absolute Gasteiger partial charge is 0.492 e. The standard InChI is InChI=1S/C24H38BClO5Si/c1-16(25-30-23(6,7)24(8,9)31-25)20(29-32(10,11)22(3,4)5)21(28-17(2)27)18-12-14-19(26)15-13-18/h12-15,20-21H,1H2,2-11H3/t20-,21+/m1/s1. The van der Waals surface area contributed by atoms with Gasteiger partial charge in [0, 0.05) is 11.9 Å². The zero-order valence-electron chi connectivity index (χ0n) is 21.2. The Labute approximate surface area is 200 Å². The van der Waals surface area contributed by atoms with Crippen LogP contribution in [-0.4, -0.2) is 38.7 Å². The maximum Gasteiger partial charge on any atom is 0.492 e. The van der Waals surface area contributed by atoms with Gasteiger partial charge in [0.15, 0.2) is 14.4 Å². The molecule has 1 aromatic carbocycles. The highest BCUT2D eigenvalue weighted by Crippen LogP contribution is 2.44. The summed E-state index contributed by atoms with van der Waals surface area (Å²) in [6.45, 7) is 24.5. The number of halogens is 1. The fourth-order valence-corrected chi connectivity index (χ4v) is 4.48. The van der Waals surface area contributed by atoms with Crippen LogP contribution < -0.4 is 0 Å². The Kier molecular flexibility index (Phi) is 7.85. The summed E-state index contributed by atoms with van der Waals surface area (Å²) in [5.74, 6) is -0.407. The van der Waals surface area contributed by atoms with Crippen LogP contribution in [0.15, 0.2) is 36.3 Å². The van der Waals surface area contributed by atoms with E-state index in [4.69, 9.17) is 30.1 Å². The molecule has 1 aromatic rings. The molecule has 8 heteroatoms. The Hall–Kier alpha value is -1.12. The average Bonchev–Trinajstić information content (AvgIpc) is 2.84. The molecule has 1 aliphatic heterocycles. The minimum atomic E-state index is -2.30. The van der Waals surface area contributed by atoms with Crippen LogP contribution in [0.3, 0.4) is 0 Å². The van der Waals surface area contributed by atoms with Crippen molar-refractivity contribution in [3.8, 4) is 0 Å². The number of carbonyl (C=O) groups is 1. The molecule has 0 bridgehead atoms. The van der Waals surface area contributed by atoms with Crippen LogP contribution in [0.25, 0.3) is 0 Å². The minimum absolute atomic E-state index is 0.0672. The van der Waals surface area contributed by atoms with Crippen LogP contribution >= 0.6 is 11.6 Å². The number of hydrogen-bond acceptors (Lipinski definition) is 5. The summed E-state index contributed by atoms with van der Waals surface area (Å²) in [7, 11) is -2.99. The van der Waals surface area contributed by atoms with Crippen molar-refractivity contribution in [2.75, 3.05) is 0 Å². The molecule has 0 N–H and O–H groups in total. The quantitative estimate of drug-likeness (QED) is 0.328. The van der Waals surface area contributed by atoms with E-state index in [1.165, 1.54) is 6.92 Å². The van der Waals surface area contributed by atoms with Crippen LogP contribution in [0, 0.1) is 0 Å². The maximum absolute atomic E-state index is 12.1. The second kappa shape index (κ2) is 9.26. The van der Waals surface area contributed by atoms with Crippen molar-refractivity contribution >= 4 is 33.0 Å². The maximum atomic E-state index is 12.1. The summed E-state index contributed by atoms with van der Waals surface area (Å²) in [5.41, 5.74) is 0.305. The van der Waals surface area contributed by atoms with E-state index in [-0.39, 0.29) is 5.04 Å². The van der Waals surface area contributed by atoms with Gasteiger partial charge in [0.25, 0.3) is 0 Å². The molecule has 0 saturated carbocycles. The zero-order chi connectivity index (χ0) is 24.7. The number of carbonyl (C=O) groups excluding carboxylic acids is 1. The zero-order valence-corrected chi connectivity index (χ0v) is 22.9. The predicted octanol–water partition coefficient (Wildman–Crippen LogP) is 6.52. The summed E-state index contributed by atoms with van der Waals surface area (Å²) in [6.07, 6.45) is -1.37. The number of ether oxygens (including phenoxy) is 1. The number of rotatable bonds is 7. The summed E-state index contributed by atoms with van der Waals surface area (Å²) >= 11 is 6.11. The second-order valence-electron chi connectivity index (χ2n) is 11.0. The average molecular weight is 481 g/mol. The smallest absolute Gasteiger partial charge is 0.455 e. The normalized spacial score (nSPS) is 20.0. The van der Waals surface area contributed by atoms with Crippen molar-refractivity contribution in [1.82, 2.24) is 0 Å². The molecule has 1 heterocycles. The van der Waals surface area contributed by atoms with Crippen molar-refractivity contribution in [3.05, 3.63) is 46.9 Å². The highest BCUT2D eigenvalue weighted by molar-refractivity contribution is 6.74. The lowest BCUT2D eigenvalue weighted by Gasteiger charge is -2.42. The van der Waals surface area contributed by atoms with E-state index in [1.54, 1.807) is 12.1 Å². The molecule has 32 heavy (non-hydrogen) atoms. The Morgan fingerprint density at radius 3 is 1.97 bits per heavy atom. The first-order chi connectivity index (χ1) is 14.4. The molecular weight excluding hydrogens is 443 g/mol. The lowest BCUT2D eigenvalue weighted by molar-refractivity contribution is -0.151. The Balaban J connectivity index is 2.54. The van der Waals surface area contributed by atoms with Gasteiger partial charge in [-0.2, -0.15) is 0 Å². The summed E-state index contributed by atoms with van der Waals surface area (Å²) in [6, 6.07) is 7.23. The SMILES string of the molecule is C=C(B1OC(C)(C)C(C)(C)O1)[C@@H](O[Si](C)(C)C(C)(C)C)[C@@H](OC(C)=O)c1ccc(Cl)cc1. The third kappa shape index (κ3) is 5.86. The highest BCUT2D eigenvalue weighted by atomic mass is 35.5. The van der Waals surface area contributed by atoms with E-state index in [2.05, 4.69) is 40.4 Å². The molecule has 0 radical (unpaired) electrons. The van der Waals surface area contributed by atoms with Crippen molar-refractivity contribution < 1.29 is 23.3 Å². The molecule has 0 spiro atoms. The van der Waals surface area contributed by atoms with Crippen molar-refractivity contribution in [2.24, 2.45) is 0 Å². The molecule has 2 rings (SSSR count). The van der Waals surface area contributed by atoms with Gasteiger partial charge in [-0.1, -0.05) is 44.5 Å². The van der Waals surface area contributed by atoms with Crippen LogP contribution in [0.5, 0.6) is 0 Å². The van der Waals surface area contributed by atoms with E-state index >= 15 is 0 Å². The minimum Gasteiger partial charge on any atom is -0.455 e. The van der Waals surface area contributed by atoms with E-state index in [0.29, 0.717) is 10.5 Å². The lowest BCUT2D eigenvalue weighted by atomic mass is 9.74. The monoisotopic (exact) mass is 480 g/mol. The third-order valence-corrected chi connectivity index (χ3v) is 11.6. The first-order valence-electron chi connectivity index (χ1n) is 11.0. The summed E-state index contributed by atoms with van der Waals surface area (Å²) in [5, 5.41) is 0.532. The van der Waals surface area contributed by atoms with E-state index < -0.39 is 44.8 Å². The Morgan fingerprint density at radius 1 is 1.09 bits per heavy atom. The van der Waals surface area contributed by atoms with Gasteiger partial charge in [-0.3, -0.25) is 4.79 Å². The first kappa shape index (κ1) is 27.1. The van der Waals surface area contributed by atoms with Gasteiger partial charge in [-0.15, -0.1) is 6.58 Å². The fourth-order valence-electron chi connectivity index (χ4n) is 3.09. The predicted molar refractivity (Wildman–Crippen MR) is 133 cm³/mol. The van der Waals surface area contributed by atoms with E-state index in [0.717, 1.165) is 5.56 Å². The van der Waals surface area contributed by atoms with Gasteiger partial charge >= 0.3 is 13.1 Å². The van der Waals surface area contributed by atoms with Gasteiger partial charge < -0.3 is 18.5 Å². The van der Waals surface area contributed by atoms with Gasteiger partial charge in [-0.25, -0.2) is 0 Å². The fraction of sp³-hybridized carbons (Fsp3) is 0.625. The second-order valence-corrected chi connectivity index (χ2v) is 16.2. The number of esters is 1. The molecule has 178 valence electrons. The van der Waals surface area contributed by atoms with Crippen molar-refractivity contribution in [1.29, 1.82) is 0 Å². The van der Waals surface area contributed by atoms with Crippen molar-refractivity contribution in [2.45, 2.75) is 96.9 Å². The number of hydrogen-bond donors (Lipinski definition) is 0. The highest BCUT2D eigenvalue weighted by Gasteiger charge is 2.55. The first-order valence-corrected chi connectivity index (χ1v) is 14.3. The number of benzene rings is 1. The van der Waals surface area contributed by atoms with Gasteiger partial charge in [0.1, 0.15) is 6.10 Å². The molecular formula is C24H38BClO5Si. The van der Waals surface area contributed by atoms with Crippen LogP contribution in [0.4, 0.5) is 0 Å². The van der Waals surface area contributed by atoms with Crippen LogP contribution in [-0.2, 0) is 23.3 Å². The van der Waals surface area contributed by atoms with E-state index in [1.807, 2.05) is 39.8 Å². The lowest BCUT2D eigenvalue weighted by Crippen LogP contribution is -2.48. The van der Waals surface area contributed by atoms with Gasteiger partial charge in [0.05, 0.1) is 11.2 Å². The molecule has 5 nitrogen and oxygen atoms in total. The molecule has 1 fully saturated rings. The summed E-state index contributed by atoms with van der Waals surface area (Å²) in [4.78, 5) is 12.1. The molecule has 0 aliphatic carbocycles. The Bertz CT molecular complexity index is 829. The summed E-state index contributed by atoms with van der Waals surface area (Å²) < 4.78 is 25.2. The van der Waals surface area contributed by atoms with Crippen LogP contribution in [0.2, 0.25) is 23.2 Å². The Morgan fingerprint density at radius 2 is 1.56 bits per heavy atom. The molecule has 0 amide bonds. The van der Waals surface area contributed by atoms with E-state index in [9.17, 15) is 4.79 Å². The third-order valence-electron chi connectivity index (χ3n) is 6.92. The van der Waals surface area contributed by atoms with Gasteiger partial charge in [0.2, 0.25) is 0 Å². The van der Waals surface area contributed by atoms with Crippen molar-refractivity contribution in [3.63, 3.8) is 0 Å². The van der Waals surface area contributed by atoms with Crippen LogP contribution in [0.1, 0.15) is 67.1 Å². The molecule has 2 atom stereocenters. The van der Waals surface area contributed by atoms with Gasteiger partial charge in [-0.05, 0) is 69.0 Å². The molecule has 0 aromatic heterocycles.